The molecule has 0 aromatic heterocycles. The van der Waals surface area contributed by atoms with Crippen molar-refractivity contribution in [3.05, 3.63) is 82.6 Å². The lowest BCUT2D eigenvalue weighted by Gasteiger charge is -2.45. The first-order valence-electron chi connectivity index (χ1n) is 11.4. The number of rotatable bonds is 6. The van der Waals surface area contributed by atoms with Crippen LogP contribution in [0.5, 0.6) is 11.5 Å². The summed E-state index contributed by atoms with van der Waals surface area (Å²) in [6.45, 7) is 2.08. The molecule has 1 aliphatic carbocycles. The van der Waals surface area contributed by atoms with Crippen LogP contribution in [0.1, 0.15) is 17.0 Å². The van der Waals surface area contributed by atoms with E-state index in [0.29, 0.717) is 24.6 Å². The highest BCUT2D eigenvalue weighted by molar-refractivity contribution is 5.60. The number of ether oxygens (including phenoxy) is 2. The summed E-state index contributed by atoms with van der Waals surface area (Å²) in [6, 6.07) is 22.2. The average Bonchev–Trinajstić information content (AvgIpc) is 2.91. The van der Waals surface area contributed by atoms with Crippen LogP contribution in [-0.4, -0.2) is 38.8 Å². The topological polar surface area (TPSA) is 119 Å². The number of nitrogens with zero attached hydrogens (tertiary/aromatic N) is 4. The molecule has 2 aromatic carbocycles. The Morgan fingerprint density at radius 1 is 1.03 bits per heavy atom. The van der Waals surface area contributed by atoms with E-state index in [9.17, 15) is 15.8 Å². The van der Waals surface area contributed by atoms with Gasteiger partial charge in [-0.15, -0.1) is 0 Å². The van der Waals surface area contributed by atoms with Crippen LogP contribution in [0.3, 0.4) is 0 Å². The smallest absolute Gasteiger partial charge is 0.191 e. The molecular weight excluding hydrogens is 438 g/mol. The third kappa shape index (κ3) is 4.10. The Hall–Kier alpha value is -4.25. The zero-order chi connectivity index (χ0) is 25.0. The minimum Gasteiger partial charge on any atom is -0.493 e. The van der Waals surface area contributed by atoms with Crippen molar-refractivity contribution in [2.24, 2.45) is 17.1 Å². The molecule has 0 spiro atoms. The fraction of sp³-hybridized carbons (Fsp3) is 0.321. The van der Waals surface area contributed by atoms with Gasteiger partial charge in [0.2, 0.25) is 0 Å². The van der Waals surface area contributed by atoms with Crippen LogP contribution in [0.4, 0.5) is 0 Å². The normalized spacial score (nSPS) is 21.1. The third-order valence-electron chi connectivity index (χ3n) is 7.07. The molecule has 0 radical (unpaired) electrons. The fourth-order valence-corrected chi connectivity index (χ4v) is 5.28. The number of allylic oxidation sites excluding steroid dienone is 2. The molecule has 2 N–H and O–H groups in total. The number of hydrogen-bond donors (Lipinski definition) is 1. The van der Waals surface area contributed by atoms with Crippen molar-refractivity contribution in [1.82, 2.24) is 4.90 Å². The van der Waals surface area contributed by atoms with Gasteiger partial charge in [0.1, 0.15) is 6.07 Å². The number of nitriles is 3. The largest absolute Gasteiger partial charge is 0.493 e. The van der Waals surface area contributed by atoms with Gasteiger partial charge in [0.05, 0.1) is 37.6 Å². The maximum atomic E-state index is 10.3. The predicted octanol–water partition coefficient (Wildman–Crippen LogP) is 3.67. The van der Waals surface area contributed by atoms with Crippen molar-refractivity contribution in [1.29, 1.82) is 15.8 Å². The van der Waals surface area contributed by atoms with E-state index in [1.807, 2.05) is 30.3 Å². The predicted molar refractivity (Wildman–Crippen MR) is 131 cm³/mol. The van der Waals surface area contributed by atoms with Crippen LogP contribution >= 0.6 is 0 Å². The lowest BCUT2D eigenvalue weighted by Crippen LogP contribution is -2.48. The highest BCUT2D eigenvalue weighted by Gasteiger charge is 2.54. The molecule has 0 saturated carbocycles. The molecule has 0 amide bonds. The summed E-state index contributed by atoms with van der Waals surface area (Å²) < 4.78 is 10.9. The van der Waals surface area contributed by atoms with E-state index in [2.05, 4.69) is 35.2 Å². The molecule has 2 aromatic rings. The van der Waals surface area contributed by atoms with Crippen LogP contribution in [-0.2, 0) is 6.42 Å². The van der Waals surface area contributed by atoms with Gasteiger partial charge in [-0.25, -0.2) is 0 Å². The van der Waals surface area contributed by atoms with Gasteiger partial charge in [0.25, 0.3) is 0 Å². The molecule has 35 heavy (non-hydrogen) atoms. The second-order valence-electron chi connectivity index (χ2n) is 8.79. The molecule has 7 heteroatoms. The standard InChI is InChI=1S/C28H27N5O2/c1-34-24-9-8-20(14-25(24)35-2)26-23-16-33(12-10-19-6-4-3-5-7-19)13-11-21(23)22(15-29)27(32)28(26,17-30)18-31/h3-9,11,14,23,26H,10,12-13,16,32H2,1-2H3/t23-,26-/m0/s1. The van der Waals surface area contributed by atoms with Crippen molar-refractivity contribution in [2.75, 3.05) is 33.9 Å². The van der Waals surface area contributed by atoms with Crippen LogP contribution < -0.4 is 15.2 Å². The number of fused-ring (bicyclic) bond motifs is 1. The van der Waals surface area contributed by atoms with Crippen LogP contribution in [0.2, 0.25) is 0 Å². The van der Waals surface area contributed by atoms with Crippen LogP contribution in [0.25, 0.3) is 0 Å². The fourth-order valence-electron chi connectivity index (χ4n) is 5.28. The Morgan fingerprint density at radius 2 is 1.74 bits per heavy atom. The minimum absolute atomic E-state index is 0.0185. The molecule has 0 saturated heterocycles. The van der Waals surface area contributed by atoms with E-state index in [4.69, 9.17) is 15.2 Å². The average molecular weight is 466 g/mol. The van der Waals surface area contributed by atoms with Gasteiger partial charge in [-0.05, 0) is 35.3 Å². The molecule has 1 heterocycles. The summed E-state index contributed by atoms with van der Waals surface area (Å²) in [5.74, 6) is 0.210. The van der Waals surface area contributed by atoms with Gasteiger partial charge in [-0.1, -0.05) is 42.5 Å². The van der Waals surface area contributed by atoms with Gasteiger partial charge < -0.3 is 15.2 Å². The molecule has 176 valence electrons. The SMILES string of the molecule is COc1ccc([C@H]2[C@H]3CN(CCc4ccccc4)CC=C3C(C#N)=C(N)C2(C#N)C#N)cc1OC. The molecule has 4 rings (SSSR count). The molecule has 0 unspecified atom stereocenters. The summed E-state index contributed by atoms with van der Waals surface area (Å²) in [5.41, 5.74) is 7.80. The van der Waals surface area contributed by atoms with Crippen molar-refractivity contribution >= 4 is 0 Å². The first kappa shape index (κ1) is 23.9. The zero-order valence-corrected chi connectivity index (χ0v) is 19.9. The Bertz CT molecular complexity index is 1280. The Morgan fingerprint density at radius 3 is 2.37 bits per heavy atom. The van der Waals surface area contributed by atoms with E-state index in [1.165, 1.54) is 5.56 Å². The van der Waals surface area contributed by atoms with Crippen molar-refractivity contribution < 1.29 is 9.47 Å². The molecule has 7 nitrogen and oxygen atoms in total. The van der Waals surface area contributed by atoms with Gasteiger partial charge in [-0.3, -0.25) is 4.90 Å². The summed E-state index contributed by atoms with van der Waals surface area (Å²) in [6.07, 6.45) is 2.90. The number of nitrogens with two attached hydrogens (primary N) is 1. The number of methoxy groups -OCH3 is 2. The molecule has 2 atom stereocenters. The van der Waals surface area contributed by atoms with E-state index < -0.39 is 11.3 Å². The van der Waals surface area contributed by atoms with E-state index in [-0.39, 0.29) is 17.2 Å². The Balaban J connectivity index is 1.80. The third-order valence-corrected chi connectivity index (χ3v) is 7.07. The maximum absolute atomic E-state index is 10.3. The zero-order valence-electron chi connectivity index (χ0n) is 19.9. The monoisotopic (exact) mass is 465 g/mol. The van der Waals surface area contributed by atoms with Crippen molar-refractivity contribution in [2.45, 2.75) is 12.3 Å². The molecule has 1 aliphatic heterocycles. The molecular formula is C28H27N5O2. The highest BCUT2D eigenvalue weighted by atomic mass is 16.5. The van der Waals surface area contributed by atoms with E-state index in [1.54, 1.807) is 26.4 Å². The summed E-state index contributed by atoms with van der Waals surface area (Å²) in [4.78, 5) is 2.30. The first-order chi connectivity index (χ1) is 17.0. The lowest BCUT2D eigenvalue weighted by molar-refractivity contribution is 0.208. The first-order valence-corrected chi connectivity index (χ1v) is 11.4. The summed E-state index contributed by atoms with van der Waals surface area (Å²) in [7, 11) is 3.10. The Kier molecular flexibility index (Phi) is 6.78. The molecule has 0 bridgehead atoms. The van der Waals surface area contributed by atoms with Crippen molar-refractivity contribution in [3.63, 3.8) is 0 Å². The molecule has 0 fully saturated rings. The quantitative estimate of drug-likeness (QED) is 0.691. The van der Waals surface area contributed by atoms with Crippen LogP contribution in [0, 0.1) is 45.3 Å². The number of benzene rings is 2. The van der Waals surface area contributed by atoms with Gasteiger partial charge in [0.15, 0.2) is 16.9 Å². The second kappa shape index (κ2) is 9.94. The molecule has 2 aliphatic rings. The maximum Gasteiger partial charge on any atom is 0.191 e. The second-order valence-corrected chi connectivity index (χ2v) is 8.79. The van der Waals surface area contributed by atoms with E-state index >= 15 is 0 Å². The van der Waals surface area contributed by atoms with Gasteiger partial charge in [-0.2, -0.15) is 15.8 Å². The highest BCUT2D eigenvalue weighted by Crippen LogP contribution is 2.54. The van der Waals surface area contributed by atoms with Gasteiger partial charge >= 0.3 is 0 Å². The van der Waals surface area contributed by atoms with Crippen LogP contribution in [0.15, 0.2) is 71.5 Å². The minimum atomic E-state index is -1.69. The summed E-state index contributed by atoms with van der Waals surface area (Å²) >= 11 is 0. The lowest BCUT2D eigenvalue weighted by atomic mass is 9.58. The number of hydrogen-bond acceptors (Lipinski definition) is 7. The Labute approximate surface area is 205 Å². The summed E-state index contributed by atoms with van der Waals surface area (Å²) in [5, 5.41) is 30.6. The van der Waals surface area contributed by atoms with Gasteiger partial charge in [0, 0.05) is 31.5 Å². The van der Waals surface area contributed by atoms with E-state index in [0.717, 1.165) is 24.1 Å². The van der Waals surface area contributed by atoms with Crippen molar-refractivity contribution in [3.8, 4) is 29.7 Å².